The molecule has 0 spiro atoms. The molecule has 1 heterocycles. The van der Waals surface area contributed by atoms with Gasteiger partial charge in [-0.1, -0.05) is 52.3 Å². The quantitative estimate of drug-likeness (QED) is 0.326. The number of nitrogens with one attached hydrogen (secondary N) is 1. The molecular formula is C27H34N2O6. The molecule has 1 N–H and O–H groups in total. The first kappa shape index (κ1) is 24.9. The number of fused-ring (bicyclic) bond motifs is 3. The van der Waals surface area contributed by atoms with Crippen LogP contribution >= 0.6 is 0 Å². The number of rotatable bonds is 7. The lowest BCUT2D eigenvalue weighted by Crippen LogP contribution is -2.53. The summed E-state index contributed by atoms with van der Waals surface area (Å²) in [7, 11) is 0. The molecule has 1 fully saturated rings. The van der Waals surface area contributed by atoms with Crippen molar-refractivity contribution in [2.24, 2.45) is 11.3 Å². The Kier molecular flexibility index (Phi) is 6.75. The summed E-state index contributed by atoms with van der Waals surface area (Å²) in [6, 6.07) is 9.22. The molecule has 0 aliphatic heterocycles. The first-order chi connectivity index (χ1) is 16.5. The van der Waals surface area contributed by atoms with Crippen molar-refractivity contribution in [1.82, 2.24) is 5.32 Å². The van der Waals surface area contributed by atoms with Gasteiger partial charge in [0.25, 0.3) is 5.91 Å². The maximum absolute atomic E-state index is 12.5. The third kappa shape index (κ3) is 4.83. The second kappa shape index (κ2) is 9.47. The van der Waals surface area contributed by atoms with Gasteiger partial charge in [-0.2, -0.15) is 0 Å². The zero-order valence-corrected chi connectivity index (χ0v) is 20.9. The summed E-state index contributed by atoms with van der Waals surface area (Å²) in [4.78, 5) is 34.5. The van der Waals surface area contributed by atoms with Crippen LogP contribution in [0, 0.1) is 21.4 Å². The van der Waals surface area contributed by atoms with Gasteiger partial charge in [-0.15, -0.1) is 0 Å². The third-order valence-electron chi connectivity index (χ3n) is 8.16. The molecule has 2 aromatic rings. The van der Waals surface area contributed by atoms with Gasteiger partial charge in [0, 0.05) is 6.54 Å². The Morgan fingerprint density at radius 2 is 2.00 bits per heavy atom. The minimum atomic E-state index is -0.908. The summed E-state index contributed by atoms with van der Waals surface area (Å²) in [5.41, 5.74) is 4.31. The summed E-state index contributed by atoms with van der Waals surface area (Å²) < 4.78 is 9.82. The number of ether oxygens (including phenoxy) is 1. The van der Waals surface area contributed by atoms with E-state index in [2.05, 4.69) is 51.2 Å². The van der Waals surface area contributed by atoms with Gasteiger partial charge in [0.2, 0.25) is 5.76 Å². The van der Waals surface area contributed by atoms with Gasteiger partial charge in [0.1, 0.15) is 4.92 Å². The average molecular weight is 483 g/mol. The molecule has 3 unspecified atom stereocenters. The molecule has 1 aromatic carbocycles. The fourth-order valence-corrected chi connectivity index (χ4v) is 6.30. The first-order valence-corrected chi connectivity index (χ1v) is 12.3. The fourth-order valence-electron chi connectivity index (χ4n) is 6.30. The molecule has 8 heteroatoms. The second-order valence-electron chi connectivity index (χ2n) is 10.8. The normalized spacial score (nSPS) is 25.5. The SMILES string of the molecule is CC(C)c1ccc2c(c1)CCC1C(C)(CNC(=O)COC(=O)c3ccc([N+](=O)[O-])o3)CCCC21C. The molecule has 2 aliphatic rings. The number of nitrogens with zero attached hydrogens (tertiary/aromatic N) is 1. The molecule has 1 amide bonds. The van der Waals surface area contributed by atoms with E-state index in [1.54, 1.807) is 0 Å². The number of esters is 1. The molecule has 188 valence electrons. The Balaban J connectivity index is 1.39. The van der Waals surface area contributed by atoms with Crippen molar-refractivity contribution in [2.45, 2.75) is 71.1 Å². The molecule has 35 heavy (non-hydrogen) atoms. The Morgan fingerprint density at radius 1 is 1.23 bits per heavy atom. The van der Waals surface area contributed by atoms with Crippen LogP contribution < -0.4 is 5.32 Å². The van der Waals surface area contributed by atoms with Gasteiger partial charge in [-0.3, -0.25) is 14.9 Å². The predicted molar refractivity (Wildman–Crippen MR) is 130 cm³/mol. The van der Waals surface area contributed by atoms with Crippen LogP contribution in [0.3, 0.4) is 0 Å². The van der Waals surface area contributed by atoms with E-state index in [1.807, 2.05) is 0 Å². The monoisotopic (exact) mass is 482 g/mol. The Morgan fingerprint density at radius 3 is 2.69 bits per heavy atom. The minimum absolute atomic E-state index is 0.0668. The number of aryl methyl sites for hydroxylation is 1. The highest BCUT2D eigenvalue weighted by Gasteiger charge is 2.51. The smallest absolute Gasteiger partial charge is 0.433 e. The number of hydrogen-bond acceptors (Lipinski definition) is 6. The molecule has 3 atom stereocenters. The van der Waals surface area contributed by atoms with Gasteiger partial charge in [-0.05, 0) is 71.1 Å². The van der Waals surface area contributed by atoms with Crippen molar-refractivity contribution >= 4 is 17.8 Å². The van der Waals surface area contributed by atoms with Crippen LogP contribution in [-0.2, 0) is 21.4 Å². The number of hydrogen-bond donors (Lipinski definition) is 1. The van der Waals surface area contributed by atoms with Gasteiger partial charge in [0.15, 0.2) is 6.61 Å². The van der Waals surface area contributed by atoms with E-state index in [-0.39, 0.29) is 16.6 Å². The zero-order valence-electron chi connectivity index (χ0n) is 20.9. The molecule has 0 radical (unpaired) electrons. The van der Waals surface area contributed by atoms with E-state index in [0.717, 1.165) is 44.2 Å². The van der Waals surface area contributed by atoms with Crippen molar-refractivity contribution in [3.05, 3.63) is 62.9 Å². The number of carbonyl (C=O) groups is 2. The summed E-state index contributed by atoms with van der Waals surface area (Å²) in [5, 5.41) is 13.7. The number of nitro groups is 1. The van der Waals surface area contributed by atoms with Crippen LogP contribution in [0.1, 0.15) is 86.5 Å². The molecule has 0 bridgehead atoms. The van der Waals surface area contributed by atoms with Crippen LogP contribution in [0.2, 0.25) is 0 Å². The van der Waals surface area contributed by atoms with Crippen molar-refractivity contribution in [1.29, 1.82) is 0 Å². The second-order valence-corrected chi connectivity index (χ2v) is 10.8. The van der Waals surface area contributed by atoms with Crippen LogP contribution in [0.25, 0.3) is 0 Å². The van der Waals surface area contributed by atoms with E-state index < -0.39 is 29.3 Å². The number of benzene rings is 1. The van der Waals surface area contributed by atoms with Gasteiger partial charge < -0.3 is 14.5 Å². The molecule has 1 saturated carbocycles. The standard InChI is InChI=1S/C27H34N2O6/c1-17(2)18-6-8-20-19(14-18)7-10-22-26(3,12-5-13-27(20,22)4)16-28-23(30)15-34-25(31)21-9-11-24(35-21)29(32)33/h6,8-9,11,14,17,22H,5,7,10,12-13,15-16H2,1-4H3,(H,28,30). The first-order valence-electron chi connectivity index (χ1n) is 12.3. The summed E-state index contributed by atoms with van der Waals surface area (Å²) in [6.07, 6.45) is 5.40. The van der Waals surface area contributed by atoms with E-state index in [4.69, 9.17) is 9.15 Å². The lowest BCUT2D eigenvalue weighted by molar-refractivity contribution is -0.402. The Bertz CT molecular complexity index is 1140. The number of furan rings is 1. The van der Waals surface area contributed by atoms with Crippen LogP contribution in [-0.4, -0.2) is 30.0 Å². The molecule has 0 saturated heterocycles. The van der Waals surface area contributed by atoms with Crippen LogP contribution in [0.4, 0.5) is 5.88 Å². The van der Waals surface area contributed by atoms with E-state index >= 15 is 0 Å². The molecule has 2 aliphatic carbocycles. The summed E-state index contributed by atoms with van der Waals surface area (Å²) in [5.74, 6) is -1.22. The van der Waals surface area contributed by atoms with E-state index in [9.17, 15) is 19.7 Å². The molecule has 8 nitrogen and oxygen atoms in total. The van der Waals surface area contributed by atoms with Gasteiger partial charge in [0.05, 0.1) is 6.07 Å². The van der Waals surface area contributed by atoms with Crippen LogP contribution in [0.15, 0.2) is 34.7 Å². The van der Waals surface area contributed by atoms with E-state index in [0.29, 0.717) is 18.4 Å². The minimum Gasteiger partial charge on any atom is -0.450 e. The number of amides is 1. The van der Waals surface area contributed by atoms with Gasteiger partial charge >= 0.3 is 11.9 Å². The predicted octanol–water partition coefficient (Wildman–Crippen LogP) is 5.29. The fraction of sp³-hybridized carbons (Fsp3) is 0.556. The topological polar surface area (TPSA) is 112 Å². The highest BCUT2D eigenvalue weighted by molar-refractivity contribution is 5.89. The van der Waals surface area contributed by atoms with Crippen LogP contribution in [0.5, 0.6) is 0 Å². The van der Waals surface area contributed by atoms with Crippen molar-refractivity contribution in [2.75, 3.05) is 13.2 Å². The Hall–Kier alpha value is -3.16. The summed E-state index contributed by atoms with van der Waals surface area (Å²) in [6.45, 7) is 9.14. The largest absolute Gasteiger partial charge is 0.450 e. The van der Waals surface area contributed by atoms with Gasteiger partial charge in [-0.25, -0.2) is 4.79 Å². The lowest BCUT2D eigenvalue weighted by atomic mass is 9.49. The van der Waals surface area contributed by atoms with Crippen molar-refractivity contribution in [3.8, 4) is 0 Å². The highest BCUT2D eigenvalue weighted by atomic mass is 16.7. The highest BCUT2D eigenvalue weighted by Crippen LogP contribution is 2.57. The zero-order chi connectivity index (χ0) is 25.4. The summed E-state index contributed by atoms with van der Waals surface area (Å²) >= 11 is 0. The molecular weight excluding hydrogens is 448 g/mol. The average Bonchev–Trinajstić information content (AvgIpc) is 3.32. The third-order valence-corrected chi connectivity index (χ3v) is 8.16. The Labute approximate surface area is 205 Å². The maximum Gasteiger partial charge on any atom is 0.433 e. The number of carbonyl (C=O) groups excluding carboxylic acids is 2. The van der Waals surface area contributed by atoms with Crippen molar-refractivity contribution in [3.63, 3.8) is 0 Å². The molecule has 1 aromatic heterocycles. The van der Waals surface area contributed by atoms with E-state index in [1.165, 1.54) is 16.7 Å². The molecule has 4 rings (SSSR count). The maximum atomic E-state index is 12.5. The van der Waals surface area contributed by atoms with Crippen molar-refractivity contribution < 1.29 is 23.7 Å². The lowest BCUT2D eigenvalue weighted by Gasteiger charge is -2.55.